The second-order valence-electron chi connectivity index (χ2n) is 8.84. The molecule has 1 atom stereocenters. The molecule has 2 fully saturated rings. The summed E-state index contributed by atoms with van der Waals surface area (Å²) in [4.78, 5) is 33.6. The van der Waals surface area contributed by atoms with Gasteiger partial charge >= 0.3 is 6.09 Å². The quantitative estimate of drug-likeness (QED) is 0.518. The molecule has 0 N–H and O–H groups in total. The fraction of sp³-hybridized carbons (Fsp3) is 0.296. The first-order valence-corrected chi connectivity index (χ1v) is 11.6. The third kappa shape index (κ3) is 4.91. The first kappa shape index (κ1) is 22.7. The first-order valence-electron chi connectivity index (χ1n) is 11.6. The van der Waals surface area contributed by atoms with Crippen LogP contribution >= 0.6 is 0 Å². The van der Waals surface area contributed by atoms with Gasteiger partial charge < -0.3 is 19.1 Å². The molecule has 2 aliphatic rings. The summed E-state index contributed by atoms with van der Waals surface area (Å²) in [5.74, 6) is 0.876. The number of aromatic nitrogens is 1. The van der Waals surface area contributed by atoms with Crippen LogP contribution < -0.4 is 9.47 Å². The van der Waals surface area contributed by atoms with E-state index in [1.54, 1.807) is 41.3 Å². The molecule has 8 nitrogen and oxygen atoms in total. The Balaban J connectivity index is 1.26. The summed E-state index contributed by atoms with van der Waals surface area (Å²) in [6.07, 6.45) is 1.98. The molecule has 0 bridgehead atoms. The van der Waals surface area contributed by atoms with Crippen LogP contribution in [0.5, 0.6) is 11.5 Å². The molecule has 2 aromatic carbocycles. The lowest BCUT2D eigenvalue weighted by atomic mass is 10.0. The van der Waals surface area contributed by atoms with Crippen LogP contribution in [-0.2, 0) is 17.9 Å². The molecule has 0 saturated carbocycles. The van der Waals surface area contributed by atoms with Crippen molar-refractivity contribution in [2.24, 2.45) is 0 Å². The maximum atomic E-state index is 13.3. The van der Waals surface area contributed by atoms with Gasteiger partial charge in [0, 0.05) is 31.3 Å². The van der Waals surface area contributed by atoms with E-state index in [1.807, 2.05) is 48.5 Å². The van der Waals surface area contributed by atoms with Crippen LogP contribution in [0.15, 0.2) is 72.9 Å². The zero-order chi connectivity index (χ0) is 24.3. The van der Waals surface area contributed by atoms with Crippen LogP contribution in [0.3, 0.4) is 0 Å². The summed E-state index contributed by atoms with van der Waals surface area (Å²) in [5, 5.41) is 0. The second kappa shape index (κ2) is 9.66. The average molecular weight is 474 g/mol. The van der Waals surface area contributed by atoms with E-state index in [9.17, 15) is 9.59 Å². The third-order valence-corrected chi connectivity index (χ3v) is 6.37. The normalized spacial score (nSPS) is 19.2. The molecule has 2 amide bonds. The van der Waals surface area contributed by atoms with Gasteiger partial charge in [-0.1, -0.05) is 36.4 Å². The Morgan fingerprint density at radius 2 is 1.89 bits per heavy atom. The van der Waals surface area contributed by atoms with Crippen molar-refractivity contribution in [1.82, 2.24) is 14.8 Å². The zero-order valence-electron chi connectivity index (χ0n) is 19.6. The number of amides is 2. The van der Waals surface area contributed by atoms with Crippen LogP contribution in [0.2, 0.25) is 0 Å². The predicted molar refractivity (Wildman–Crippen MR) is 128 cm³/mol. The molecule has 0 aliphatic carbocycles. The summed E-state index contributed by atoms with van der Waals surface area (Å²) in [7, 11) is 1.56. The van der Waals surface area contributed by atoms with Gasteiger partial charge in [0.1, 0.15) is 6.61 Å². The lowest BCUT2D eigenvalue weighted by molar-refractivity contribution is 0.0552. The van der Waals surface area contributed by atoms with Gasteiger partial charge in [0.05, 0.1) is 25.9 Å². The first-order chi connectivity index (χ1) is 17.0. The minimum Gasteiger partial charge on any atom is -0.493 e. The number of hydrogen-bond donors (Lipinski definition) is 0. The van der Waals surface area contributed by atoms with Crippen molar-refractivity contribution in [1.29, 1.82) is 0 Å². The number of nitrogens with zero attached hydrogens (tertiary/aromatic N) is 3. The van der Waals surface area contributed by atoms with E-state index in [0.29, 0.717) is 49.7 Å². The maximum absolute atomic E-state index is 13.3. The highest BCUT2D eigenvalue weighted by Crippen LogP contribution is 2.35. The lowest BCUT2D eigenvalue weighted by Crippen LogP contribution is -2.39. The monoisotopic (exact) mass is 473 g/mol. The highest BCUT2D eigenvalue weighted by atomic mass is 16.6. The minimum atomic E-state index is -0.674. The van der Waals surface area contributed by atoms with E-state index in [1.165, 1.54) is 0 Å². The van der Waals surface area contributed by atoms with E-state index in [2.05, 4.69) is 4.98 Å². The van der Waals surface area contributed by atoms with Crippen molar-refractivity contribution in [2.45, 2.75) is 25.2 Å². The molecule has 35 heavy (non-hydrogen) atoms. The molecule has 3 aromatic rings. The van der Waals surface area contributed by atoms with Gasteiger partial charge in [-0.2, -0.15) is 0 Å². The number of ether oxygens (including phenoxy) is 3. The Bertz CT molecular complexity index is 1200. The maximum Gasteiger partial charge on any atom is 0.410 e. The Kier molecular flexibility index (Phi) is 6.27. The number of hydrogen-bond acceptors (Lipinski definition) is 6. The number of benzene rings is 2. The van der Waals surface area contributed by atoms with E-state index >= 15 is 0 Å². The topological polar surface area (TPSA) is 81.2 Å². The van der Waals surface area contributed by atoms with Crippen molar-refractivity contribution in [3.8, 4) is 11.5 Å². The van der Waals surface area contributed by atoms with Gasteiger partial charge in [-0.15, -0.1) is 0 Å². The summed E-state index contributed by atoms with van der Waals surface area (Å²) >= 11 is 0. The molecule has 5 rings (SSSR count). The standard InChI is InChI=1S/C27H27N3O5/c1-33-23-11-10-21(15-24(23)34-17-22-9-5-6-13-28-22)25(31)29-14-12-27(18-29)19-30(26(32)35-27)16-20-7-3-2-4-8-20/h2-11,13,15H,12,14,16-19H2,1H3/t27-/m1/s1. The second-order valence-corrected chi connectivity index (χ2v) is 8.84. The Labute approximate surface area is 204 Å². The van der Waals surface area contributed by atoms with E-state index in [0.717, 1.165) is 11.3 Å². The SMILES string of the molecule is COc1ccc(C(=O)N2CC[C@]3(CN(Cc4ccccc4)C(=O)O3)C2)cc1OCc1ccccn1. The highest BCUT2D eigenvalue weighted by Gasteiger charge is 2.50. The molecule has 0 radical (unpaired) electrons. The van der Waals surface area contributed by atoms with Crippen LogP contribution in [0.4, 0.5) is 4.79 Å². The molecular formula is C27H27N3O5. The zero-order valence-corrected chi connectivity index (χ0v) is 19.6. The predicted octanol–water partition coefficient (Wildman–Crippen LogP) is 3.91. The number of carbonyl (C=O) groups is 2. The van der Waals surface area contributed by atoms with Crippen LogP contribution in [0, 0.1) is 0 Å². The van der Waals surface area contributed by atoms with Crippen LogP contribution in [0.1, 0.15) is 28.0 Å². The van der Waals surface area contributed by atoms with Gasteiger partial charge in [-0.25, -0.2) is 4.79 Å². The van der Waals surface area contributed by atoms with Crippen LogP contribution in [0.25, 0.3) is 0 Å². The van der Waals surface area contributed by atoms with E-state index < -0.39 is 5.60 Å². The number of rotatable bonds is 7. The van der Waals surface area contributed by atoms with Gasteiger partial charge in [0.2, 0.25) is 0 Å². The van der Waals surface area contributed by atoms with Crippen LogP contribution in [-0.4, -0.2) is 59.1 Å². The number of carbonyl (C=O) groups excluding carboxylic acids is 2. The Hall–Kier alpha value is -4.07. The summed E-state index contributed by atoms with van der Waals surface area (Å²) in [6.45, 7) is 2.09. The third-order valence-electron chi connectivity index (χ3n) is 6.37. The highest BCUT2D eigenvalue weighted by molar-refractivity contribution is 5.95. The van der Waals surface area contributed by atoms with Gasteiger partial charge in [-0.3, -0.25) is 14.7 Å². The molecule has 8 heteroatoms. The molecule has 180 valence electrons. The van der Waals surface area contributed by atoms with Crippen molar-refractivity contribution < 1.29 is 23.8 Å². The smallest absolute Gasteiger partial charge is 0.410 e. The fourth-order valence-corrected chi connectivity index (χ4v) is 4.59. The molecule has 2 aliphatic heterocycles. The van der Waals surface area contributed by atoms with E-state index in [4.69, 9.17) is 14.2 Å². The minimum absolute atomic E-state index is 0.134. The van der Waals surface area contributed by atoms with Crippen molar-refractivity contribution >= 4 is 12.0 Å². The van der Waals surface area contributed by atoms with Crippen molar-refractivity contribution in [3.05, 3.63) is 89.7 Å². The molecule has 1 spiro atoms. The number of likely N-dealkylation sites (tertiary alicyclic amines) is 1. The van der Waals surface area contributed by atoms with Gasteiger partial charge in [-0.05, 0) is 35.9 Å². The fourth-order valence-electron chi connectivity index (χ4n) is 4.59. The summed E-state index contributed by atoms with van der Waals surface area (Å²) in [5.41, 5.74) is 1.64. The molecular weight excluding hydrogens is 446 g/mol. The molecule has 2 saturated heterocycles. The average Bonchev–Trinajstić information content (AvgIpc) is 3.44. The van der Waals surface area contributed by atoms with Crippen molar-refractivity contribution in [2.75, 3.05) is 26.7 Å². The van der Waals surface area contributed by atoms with Gasteiger partial charge in [0.15, 0.2) is 17.1 Å². The number of methoxy groups -OCH3 is 1. The molecule has 1 aromatic heterocycles. The lowest BCUT2D eigenvalue weighted by Gasteiger charge is -2.22. The van der Waals surface area contributed by atoms with Gasteiger partial charge in [0.25, 0.3) is 5.91 Å². The Morgan fingerprint density at radius 3 is 2.66 bits per heavy atom. The molecule has 0 unspecified atom stereocenters. The largest absolute Gasteiger partial charge is 0.493 e. The number of pyridine rings is 1. The summed E-state index contributed by atoms with van der Waals surface area (Å²) in [6, 6.07) is 20.6. The molecule has 3 heterocycles. The Morgan fingerprint density at radius 1 is 1.06 bits per heavy atom. The van der Waals surface area contributed by atoms with Crippen molar-refractivity contribution in [3.63, 3.8) is 0 Å². The summed E-state index contributed by atoms with van der Waals surface area (Å²) < 4.78 is 17.1. The van der Waals surface area contributed by atoms with E-state index in [-0.39, 0.29) is 18.6 Å².